The summed E-state index contributed by atoms with van der Waals surface area (Å²) in [5.41, 5.74) is 1.72. The standard InChI is InChI=1S/C23H27Cl3N2O2/c1-3-13-27-23(30)21(4-2)28(15-16-9-11-19(25)20(26)14-16)22(29)12-10-17-7-5-6-8-18(17)24/h5-9,11,14,21H,3-4,10,12-13,15H2,1-2H3,(H,27,30)/t21-/m1/s1. The number of nitrogens with one attached hydrogen (secondary N) is 1. The smallest absolute Gasteiger partial charge is 0.242 e. The van der Waals surface area contributed by atoms with E-state index in [1.807, 2.05) is 44.2 Å². The molecule has 0 aliphatic heterocycles. The number of carbonyl (C=O) groups is 2. The Kier molecular flexibility index (Phi) is 9.96. The number of halogens is 3. The maximum absolute atomic E-state index is 13.2. The summed E-state index contributed by atoms with van der Waals surface area (Å²) in [7, 11) is 0. The maximum atomic E-state index is 13.2. The highest BCUT2D eigenvalue weighted by atomic mass is 35.5. The van der Waals surface area contributed by atoms with Crippen LogP contribution in [0.2, 0.25) is 15.1 Å². The van der Waals surface area contributed by atoms with Gasteiger partial charge in [0.2, 0.25) is 11.8 Å². The van der Waals surface area contributed by atoms with Crippen molar-refractivity contribution in [2.24, 2.45) is 0 Å². The lowest BCUT2D eigenvalue weighted by atomic mass is 10.1. The van der Waals surface area contributed by atoms with Crippen LogP contribution in [-0.2, 0) is 22.6 Å². The second-order valence-electron chi connectivity index (χ2n) is 7.08. The van der Waals surface area contributed by atoms with E-state index < -0.39 is 6.04 Å². The highest BCUT2D eigenvalue weighted by molar-refractivity contribution is 6.42. The van der Waals surface area contributed by atoms with E-state index in [4.69, 9.17) is 34.8 Å². The first kappa shape index (κ1) is 24.5. The van der Waals surface area contributed by atoms with Crippen LogP contribution in [0.1, 0.15) is 44.2 Å². The van der Waals surface area contributed by atoms with Crippen molar-refractivity contribution in [2.45, 2.75) is 52.1 Å². The molecule has 2 aromatic rings. The van der Waals surface area contributed by atoms with Gasteiger partial charge in [-0.2, -0.15) is 0 Å². The molecule has 4 nitrogen and oxygen atoms in total. The van der Waals surface area contributed by atoms with Crippen LogP contribution >= 0.6 is 34.8 Å². The lowest BCUT2D eigenvalue weighted by Crippen LogP contribution is -2.49. The van der Waals surface area contributed by atoms with E-state index in [1.165, 1.54) is 0 Å². The summed E-state index contributed by atoms with van der Waals surface area (Å²) in [5, 5.41) is 4.41. The van der Waals surface area contributed by atoms with Crippen molar-refractivity contribution in [2.75, 3.05) is 6.54 Å². The first-order valence-corrected chi connectivity index (χ1v) is 11.2. The molecule has 2 aromatic carbocycles. The summed E-state index contributed by atoms with van der Waals surface area (Å²) in [6.07, 6.45) is 2.09. The highest BCUT2D eigenvalue weighted by Crippen LogP contribution is 2.25. The molecule has 0 fully saturated rings. The third-order valence-electron chi connectivity index (χ3n) is 4.84. The molecule has 0 heterocycles. The largest absolute Gasteiger partial charge is 0.354 e. The van der Waals surface area contributed by atoms with E-state index in [-0.39, 0.29) is 24.8 Å². The van der Waals surface area contributed by atoms with E-state index in [2.05, 4.69) is 5.32 Å². The number of aryl methyl sites for hydroxylation is 1. The Morgan fingerprint density at radius 2 is 1.73 bits per heavy atom. The quantitative estimate of drug-likeness (QED) is 0.470. The molecule has 2 rings (SSSR count). The molecule has 0 bridgehead atoms. The van der Waals surface area contributed by atoms with Gasteiger partial charge in [0.15, 0.2) is 0 Å². The number of hydrogen-bond donors (Lipinski definition) is 1. The number of benzene rings is 2. The molecule has 0 spiro atoms. The predicted octanol–water partition coefficient (Wildman–Crippen LogP) is 5.91. The Morgan fingerprint density at radius 3 is 2.37 bits per heavy atom. The van der Waals surface area contributed by atoms with Gasteiger partial charge in [-0.05, 0) is 48.6 Å². The van der Waals surface area contributed by atoms with Gasteiger partial charge < -0.3 is 10.2 Å². The van der Waals surface area contributed by atoms with Crippen LogP contribution in [0.5, 0.6) is 0 Å². The van der Waals surface area contributed by atoms with E-state index in [9.17, 15) is 9.59 Å². The average Bonchev–Trinajstić information content (AvgIpc) is 2.73. The molecule has 0 aliphatic carbocycles. The summed E-state index contributed by atoms with van der Waals surface area (Å²) in [6.45, 7) is 4.74. The van der Waals surface area contributed by atoms with Crippen molar-refractivity contribution in [3.8, 4) is 0 Å². The van der Waals surface area contributed by atoms with E-state index in [1.54, 1.807) is 17.0 Å². The third-order valence-corrected chi connectivity index (χ3v) is 5.95. The Balaban J connectivity index is 2.23. The number of carbonyl (C=O) groups excluding carboxylic acids is 2. The topological polar surface area (TPSA) is 49.4 Å². The minimum Gasteiger partial charge on any atom is -0.354 e. The number of rotatable bonds is 10. The lowest BCUT2D eigenvalue weighted by Gasteiger charge is -2.31. The average molecular weight is 470 g/mol. The van der Waals surface area contributed by atoms with Crippen LogP contribution < -0.4 is 5.32 Å². The highest BCUT2D eigenvalue weighted by Gasteiger charge is 2.28. The monoisotopic (exact) mass is 468 g/mol. The molecule has 0 saturated heterocycles. The summed E-state index contributed by atoms with van der Waals surface area (Å²) in [6, 6.07) is 12.1. The number of hydrogen-bond acceptors (Lipinski definition) is 2. The Bertz CT molecular complexity index is 873. The molecule has 2 amide bonds. The molecule has 162 valence electrons. The van der Waals surface area contributed by atoms with Gasteiger partial charge in [0.1, 0.15) is 6.04 Å². The van der Waals surface area contributed by atoms with Crippen LogP contribution in [0.25, 0.3) is 0 Å². The lowest BCUT2D eigenvalue weighted by molar-refractivity contribution is -0.141. The van der Waals surface area contributed by atoms with Gasteiger partial charge >= 0.3 is 0 Å². The van der Waals surface area contributed by atoms with Gasteiger partial charge in [-0.3, -0.25) is 9.59 Å². The molecule has 7 heteroatoms. The summed E-state index contributed by atoms with van der Waals surface area (Å²) >= 11 is 18.4. The van der Waals surface area contributed by atoms with Crippen molar-refractivity contribution < 1.29 is 9.59 Å². The fourth-order valence-electron chi connectivity index (χ4n) is 3.21. The van der Waals surface area contributed by atoms with Crippen molar-refractivity contribution in [3.05, 3.63) is 68.7 Å². The van der Waals surface area contributed by atoms with Crippen molar-refractivity contribution in [3.63, 3.8) is 0 Å². The molecule has 0 saturated carbocycles. The first-order chi connectivity index (χ1) is 14.4. The van der Waals surface area contributed by atoms with Crippen LogP contribution in [0.4, 0.5) is 0 Å². The number of nitrogens with zero attached hydrogens (tertiary/aromatic N) is 1. The van der Waals surface area contributed by atoms with Crippen LogP contribution in [0.3, 0.4) is 0 Å². The van der Waals surface area contributed by atoms with Gasteiger partial charge in [-0.25, -0.2) is 0 Å². The first-order valence-electron chi connectivity index (χ1n) is 10.1. The van der Waals surface area contributed by atoms with Gasteiger partial charge in [-0.15, -0.1) is 0 Å². The minimum absolute atomic E-state index is 0.112. The zero-order chi connectivity index (χ0) is 22.1. The Labute approximate surface area is 193 Å². The second kappa shape index (κ2) is 12.2. The molecule has 30 heavy (non-hydrogen) atoms. The minimum atomic E-state index is -0.565. The Hall–Kier alpha value is -1.75. The van der Waals surface area contributed by atoms with Crippen molar-refractivity contribution in [1.29, 1.82) is 0 Å². The van der Waals surface area contributed by atoms with Gasteiger partial charge in [0, 0.05) is 24.5 Å². The molecule has 0 unspecified atom stereocenters. The zero-order valence-electron chi connectivity index (χ0n) is 17.3. The molecule has 0 aromatic heterocycles. The Morgan fingerprint density at radius 1 is 1.00 bits per heavy atom. The zero-order valence-corrected chi connectivity index (χ0v) is 19.5. The fraction of sp³-hybridized carbons (Fsp3) is 0.391. The molecular weight excluding hydrogens is 443 g/mol. The second-order valence-corrected chi connectivity index (χ2v) is 8.30. The van der Waals surface area contributed by atoms with Gasteiger partial charge in [-0.1, -0.05) is 72.9 Å². The normalized spacial score (nSPS) is 11.8. The molecule has 0 radical (unpaired) electrons. The maximum Gasteiger partial charge on any atom is 0.242 e. The van der Waals surface area contributed by atoms with E-state index in [0.29, 0.717) is 34.5 Å². The molecule has 1 atom stereocenters. The molecule has 0 aliphatic rings. The molecular formula is C23H27Cl3N2O2. The summed E-state index contributed by atoms with van der Waals surface area (Å²) < 4.78 is 0. The van der Waals surface area contributed by atoms with Crippen LogP contribution in [0.15, 0.2) is 42.5 Å². The molecule has 1 N–H and O–H groups in total. The van der Waals surface area contributed by atoms with Gasteiger partial charge in [0.25, 0.3) is 0 Å². The summed E-state index contributed by atoms with van der Waals surface area (Å²) in [4.78, 5) is 27.6. The SMILES string of the molecule is CCCNC(=O)[C@@H](CC)N(Cc1ccc(Cl)c(Cl)c1)C(=O)CCc1ccccc1Cl. The van der Waals surface area contributed by atoms with Gasteiger partial charge in [0.05, 0.1) is 10.0 Å². The van der Waals surface area contributed by atoms with Crippen LogP contribution in [-0.4, -0.2) is 29.3 Å². The third kappa shape index (κ3) is 6.90. The van der Waals surface area contributed by atoms with E-state index in [0.717, 1.165) is 17.5 Å². The van der Waals surface area contributed by atoms with Crippen molar-refractivity contribution in [1.82, 2.24) is 10.2 Å². The fourth-order valence-corrected chi connectivity index (χ4v) is 3.76. The van der Waals surface area contributed by atoms with Crippen LogP contribution in [0, 0.1) is 0 Å². The number of amides is 2. The van der Waals surface area contributed by atoms with E-state index >= 15 is 0 Å². The van der Waals surface area contributed by atoms with Crippen molar-refractivity contribution >= 4 is 46.6 Å². The predicted molar refractivity (Wildman–Crippen MR) is 124 cm³/mol. The summed E-state index contributed by atoms with van der Waals surface area (Å²) in [5.74, 6) is -0.259.